The van der Waals surface area contributed by atoms with Crippen LogP contribution in [0.15, 0.2) is 16.3 Å². The van der Waals surface area contributed by atoms with Crippen LogP contribution in [-0.4, -0.2) is 30.4 Å². The van der Waals surface area contributed by atoms with Crippen molar-refractivity contribution < 1.29 is 13.5 Å². The minimum absolute atomic E-state index is 0.124. The topological polar surface area (TPSA) is 57.6 Å². The lowest BCUT2D eigenvalue weighted by molar-refractivity contribution is 0.257. The highest BCUT2D eigenvalue weighted by Gasteiger charge is 2.33. The van der Waals surface area contributed by atoms with E-state index in [4.69, 9.17) is 5.11 Å². The van der Waals surface area contributed by atoms with Crippen molar-refractivity contribution in [3.8, 4) is 0 Å². The Labute approximate surface area is 107 Å². The second-order valence-electron chi connectivity index (χ2n) is 4.55. The average molecular weight is 277 g/mol. The molecule has 98 valence electrons. The molecule has 1 aromatic rings. The summed E-state index contributed by atoms with van der Waals surface area (Å²) in [6.45, 7) is 5.62. The predicted molar refractivity (Wildman–Crippen MR) is 69.6 cm³/mol. The van der Waals surface area contributed by atoms with Gasteiger partial charge in [0.1, 0.15) is 0 Å². The van der Waals surface area contributed by atoms with Crippen LogP contribution in [0.5, 0.6) is 0 Å². The maximum atomic E-state index is 12.3. The summed E-state index contributed by atoms with van der Waals surface area (Å²) in [4.78, 5) is 0.918. The zero-order valence-corrected chi connectivity index (χ0v) is 12.2. The molecule has 0 amide bonds. The second kappa shape index (κ2) is 5.06. The molecule has 0 bridgehead atoms. The lowest BCUT2D eigenvalue weighted by Crippen LogP contribution is -2.44. The van der Waals surface area contributed by atoms with Crippen molar-refractivity contribution in [1.82, 2.24) is 4.31 Å². The molecule has 0 spiro atoms. The molecule has 0 aliphatic carbocycles. The third-order valence-corrected chi connectivity index (χ3v) is 6.28. The van der Waals surface area contributed by atoms with Gasteiger partial charge in [0.2, 0.25) is 10.0 Å². The third kappa shape index (κ3) is 2.88. The zero-order chi connectivity index (χ0) is 13.3. The summed E-state index contributed by atoms with van der Waals surface area (Å²) < 4.78 is 26.0. The number of nitrogens with zero attached hydrogens (tertiary/aromatic N) is 1. The van der Waals surface area contributed by atoms with Crippen LogP contribution in [0.2, 0.25) is 0 Å². The van der Waals surface area contributed by atoms with E-state index in [9.17, 15) is 8.42 Å². The first-order valence-corrected chi connectivity index (χ1v) is 7.75. The van der Waals surface area contributed by atoms with E-state index in [0.717, 1.165) is 6.42 Å². The van der Waals surface area contributed by atoms with Gasteiger partial charge in [0.05, 0.1) is 11.5 Å². The van der Waals surface area contributed by atoms with Gasteiger partial charge in [-0.3, -0.25) is 0 Å². The molecule has 17 heavy (non-hydrogen) atoms. The Balaban J connectivity index is 3.11. The van der Waals surface area contributed by atoms with Crippen LogP contribution in [0.4, 0.5) is 0 Å². The molecule has 4 nitrogen and oxygen atoms in total. The van der Waals surface area contributed by atoms with Gasteiger partial charge >= 0.3 is 0 Å². The first-order chi connectivity index (χ1) is 7.75. The van der Waals surface area contributed by atoms with E-state index >= 15 is 0 Å². The van der Waals surface area contributed by atoms with Crippen molar-refractivity contribution in [2.24, 2.45) is 0 Å². The smallest absolute Gasteiger partial charge is 0.244 e. The summed E-state index contributed by atoms with van der Waals surface area (Å²) in [6, 6.07) is 1.53. The van der Waals surface area contributed by atoms with Crippen molar-refractivity contribution in [3.63, 3.8) is 0 Å². The number of aliphatic hydroxyl groups excluding tert-OH is 1. The van der Waals surface area contributed by atoms with Gasteiger partial charge in [0, 0.05) is 22.8 Å². The molecule has 0 radical (unpaired) electrons. The molecular formula is C11H19NO3S2. The van der Waals surface area contributed by atoms with E-state index < -0.39 is 15.6 Å². The van der Waals surface area contributed by atoms with Gasteiger partial charge in [-0.2, -0.15) is 4.31 Å². The van der Waals surface area contributed by atoms with Crippen molar-refractivity contribution in [2.45, 2.75) is 44.2 Å². The van der Waals surface area contributed by atoms with Gasteiger partial charge < -0.3 is 5.11 Å². The van der Waals surface area contributed by atoms with Crippen LogP contribution < -0.4 is 0 Å². The average Bonchev–Trinajstić information content (AvgIpc) is 2.77. The lowest BCUT2D eigenvalue weighted by atomic mass is 10.0. The van der Waals surface area contributed by atoms with E-state index in [1.807, 2.05) is 20.8 Å². The molecular weight excluding hydrogens is 258 g/mol. The molecule has 1 N–H and O–H groups in total. The molecule has 0 fully saturated rings. The molecule has 0 aromatic carbocycles. The van der Waals surface area contributed by atoms with E-state index in [0.29, 0.717) is 4.88 Å². The number of thiophene rings is 1. The Kier molecular flexibility index (Phi) is 4.35. The van der Waals surface area contributed by atoms with Crippen LogP contribution in [0.25, 0.3) is 0 Å². The van der Waals surface area contributed by atoms with Crippen molar-refractivity contribution in [1.29, 1.82) is 0 Å². The van der Waals surface area contributed by atoms with E-state index in [1.54, 1.807) is 12.4 Å². The number of hydrogen-bond donors (Lipinski definition) is 1. The summed E-state index contributed by atoms with van der Waals surface area (Å²) >= 11 is 1.26. The Hall–Kier alpha value is -0.430. The normalized spacial score (nSPS) is 13.3. The first kappa shape index (κ1) is 14.6. The summed E-state index contributed by atoms with van der Waals surface area (Å²) in [5.74, 6) is 0. The summed E-state index contributed by atoms with van der Waals surface area (Å²) in [6.07, 6.45) is 0.736. The fourth-order valence-electron chi connectivity index (χ4n) is 1.28. The zero-order valence-electron chi connectivity index (χ0n) is 10.6. The number of hydrogen-bond acceptors (Lipinski definition) is 4. The van der Waals surface area contributed by atoms with Gasteiger partial charge in [-0.05, 0) is 26.3 Å². The standard InChI is InChI=1S/C11H19NO3S2/c1-5-11(2,3)12(4)17(14,15)10-6-9(7-13)16-8-10/h6,8,13H,5,7H2,1-4H3. The van der Waals surface area contributed by atoms with Crippen LogP contribution in [0.3, 0.4) is 0 Å². The third-order valence-electron chi connectivity index (χ3n) is 3.16. The molecule has 0 saturated heterocycles. The number of rotatable bonds is 5. The monoisotopic (exact) mass is 277 g/mol. The van der Waals surface area contributed by atoms with Gasteiger partial charge in [-0.15, -0.1) is 11.3 Å². The van der Waals surface area contributed by atoms with Gasteiger partial charge in [-0.1, -0.05) is 6.92 Å². The summed E-state index contributed by atoms with van der Waals surface area (Å²) in [5.41, 5.74) is -0.417. The van der Waals surface area contributed by atoms with Crippen LogP contribution >= 0.6 is 11.3 Å². The Bertz CT molecular complexity index is 477. The van der Waals surface area contributed by atoms with Gasteiger partial charge in [0.25, 0.3) is 0 Å². The Morgan fingerprint density at radius 1 is 1.47 bits per heavy atom. The van der Waals surface area contributed by atoms with Crippen LogP contribution in [0, 0.1) is 0 Å². The van der Waals surface area contributed by atoms with E-state index in [2.05, 4.69) is 0 Å². The molecule has 0 aliphatic rings. The van der Waals surface area contributed by atoms with E-state index in [1.165, 1.54) is 21.7 Å². The molecule has 0 unspecified atom stereocenters. The molecule has 0 aliphatic heterocycles. The quantitative estimate of drug-likeness (QED) is 0.896. The highest BCUT2D eigenvalue weighted by Crippen LogP contribution is 2.28. The highest BCUT2D eigenvalue weighted by molar-refractivity contribution is 7.89. The summed E-state index contributed by atoms with van der Waals surface area (Å²) in [7, 11) is -1.87. The first-order valence-electron chi connectivity index (χ1n) is 5.43. The predicted octanol–water partition coefficient (Wildman–Crippen LogP) is 2.05. The summed E-state index contributed by atoms with van der Waals surface area (Å²) in [5, 5.41) is 10.5. The van der Waals surface area contributed by atoms with Crippen molar-refractivity contribution in [2.75, 3.05) is 7.05 Å². The fraction of sp³-hybridized carbons (Fsp3) is 0.636. The minimum Gasteiger partial charge on any atom is -0.391 e. The molecule has 0 atom stereocenters. The number of sulfonamides is 1. The molecule has 1 heterocycles. The number of aliphatic hydroxyl groups is 1. The molecule has 0 saturated carbocycles. The lowest BCUT2D eigenvalue weighted by Gasteiger charge is -2.33. The van der Waals surface area contributed by atoms with Gasteiger partial charge in [0.15, 0.2) is 0 Å². The van der Waals surface area contributed by atoms with E-state index in [-0.39, 0.29) is 11.5 Å². The molecule has 1 rings (SSSR count). The molecule has 6 heteroatoms. The maximum absolute atomic E-state index is 12.3. The van der Waals surface area contributed by atoms with Crippen molar-refractivity contribution in [3.05, 3.63) is 16.3 Å². The Morgan fingerprint density at radius 3 is 2.47 bits per heavy atom. The second-order valence-corrected chi connectivity index (χ2v) is 7.51. The highest BCUT2D eigenvalue weighted by atomic mass is 32.2. The van der Waals surface area contributed by atoms with Gasteiger partial charge in [-0.25, -0.2) is 8.42 Å². The van der Waals surface area contributed by atoms with Crippen LogP contribution in [0.1, 0.15) is 32.1 Å². The van der Waals surface area contributed by atoms with Crippen LogP contribution in [-0.2, 0) is 16.6 Å². The minimum atomic E-state index is -3.47. The molecule has 1 aromatic heterocycles. The SMILES string of the molecule is CCC(C)(C)N(C)S(=O)(=O)c1csc(CO)c1. The maximum Gasteiger partial charge on any atom is 0.244 e. The van der Waals surface area contributed by atoms with Crippen molar-refractivity contribution >= 4 is 21.4 Å². The largest absolute Gasteiger partial charge is 0.391 e. The Morgan fingerprint density at radius 2 is 2.06 bits per heavy atom. The fourth-order valence-corrected chi connectivity index (χ4v) is 3.98.